The van der Waals surface area contributed by atoms with Crippen LogP contribution in [0.15, 0.2) is 182 Å². The number of imidazole rings is 3. The van der Waals surface area contributed by atoms with E-state index < -0.39 is 116 Å². The molecule has 0 spiro atoms. The van der Waals surface area contributed by atoms with Crippen molar-refractivity contribution in [2.75, 3.05) is 63.5 Å². The summed E-state index contributed by atoms with van der Waals surface area (Å²) in [6, 6.07) is 14.0. The average molecular weight is 1670 g/mol. The van der Waals surface area contributed by atoms with E-state index in [4.69, 9.17) is 19.9 Å². The van der Waals surface area contributed by atoms with E-state index in [-0.39, 0.29) is 100 Å². The Morgan fingerprint density at radius 2 is 0.828 bits per heavy atom. The molecule has 0 aliphatic carbocycles. The van der Waals surface area contributed by atoms with Gasteiger partial charge in [-0.3, -0.25) is 57.4 Å². The van der Waals surface area contributed by atoms with Gasteiger partial charge >= 0.3 is 53.8 Å². The molecule has 14 aromatic rings. The van der Waals surface area contributed by atoms with Crippen LogP contribution in [-0.4, -0.2) is 195 Å². The first-order valence-electron chi connectivity index (χ1n) is 37.1. The standard InChI is InChI=1S/C31H29F2N7O6.C30H27F2N7O6.C19H18N6O4.Li.H2O/c1-17-16-46-11-10-38(17)19-12-21(32)26(22(33)13-19)28(41)36-23(30(43)45-3)14-18-4-5-24(27-35-8-9-39(18)27)40-29(42)20-6-7-34-15-25(20)37(2)31(40)44;1-16-15-45-10-9-37(16)18-11-20(31)25(21(32)12-18)27(40)35-22(29(42)43)13-17-3-4-23(26-34-7-8-38(17)26)39-28(41)19-5-6-33-14-24(19)36(2)30(39)44;1-23-15-10-21-6-5-12(15)17(26)25(19(23)28)14-4-3-11(9-13(20)18(27)29-2)24-8-7-22-16(14)24;;/h4-9,12-13,15,17,23H,10-11,14,16H2,1-3H3,(H,36,41);3-8,11-12,14,16,22H,9-10,13,15H2,1-2H3,(H,35,40)(H,42,43);3-8,10,13H,9,20H2,1-2H3;;1H2/q;;;+1;/p-1/t17-,23+;16-,22+;13-;;/m110../s1. The summed E-state index contributed by atoms with van der Waals surface area (Å²) < 4.78 is 92.6. The fourth-order valence-corrected chi connectivity index (χ4v) is 14.7. The van der Waals surface area contributed by atoms with Crippen LogP contribution in [-0.2, 0) is 73.7 Å². The third kappa shape index (κ3) is 16.5. The predicted octanol–water partition coefficient (Wildman–Crippen LogP) is 0.0127. The van der Waals surface area contributed by atoms with Crippen LogP contribution in [0.25, 0.3) is 66.7 Å². The van der Waals surface area contributed by atoms with Gasteiger partial charge in [0.25, 0.3) is 28.5 Å². The zero-order valence-electron chi connectivity index (χ0n) is 66.4. The van der Waals surface area contributed by atoms with Crippen LogP contribution >= 0.6 is 0 Å². The molecular weight excluding hydrogens is 1600 g/mol. The first-order valence-corrected chi connectivity index (χ1v) is 37.1. The van der Waals surface area contributed by atoms with Gasteiger partial charge in [-0.15, -0.1) is 0 Å². The van der Waals surface area contributed by atoms with Crippen LogP contribution < -0.4 is 78.8 Å². The first-order chi connectivity index (χ1) is 57.6. The molecule has 2 fully saturated rings. The van der Waals surface area contributed by atoms with E-state index in [9.17, 15) is 57.8 Å². The summed E-state index contributed by atoms with van der Waals surface area (Å²) >= 11 is 0. The summed E-state index contributed by atoms with van der Waals surface area (Å²) in [7, 11) is 6.99. The van der Waals surface area contributed by atoms with Gasteiger partial charge in [0.1, 0.15) is 52.5 Å². The summed E-state index contributed by atoms with van der Waals surface area (Å²) in [5.41, 5.74) is 5.22. The Balaban J connectivity index is 0.000000170. The topological polar surface area (TPSA) is 452 Å². The molecule has 626 valence electrons. The van der Waals surface area contributed by atoms with E-state index in [1.165, 1.54) is 125 Å². The van der Waals surface area contributed by atoms with Crippen molar-refractivity contribution < 1.29 is 89.9 Å². The van der Waals surface area contributed by atoms with Gasteiger partial charge in [0.05, 0.1) is 109 Å². The number of halogens is 4. The number of aromatic nitrogens is 15. The number of anilines is 2. The van der Waals surface area contributed by atoms with Gasteiger partial charge in [0, 0.05) is 150 Å². The number of fused-ring (bicyclic) bond motifs is 6. The third-order valence-electron chi connectivity index (χ3n) is 20.8. The van der Waals surface area contributed by atoms with E-state index in [2.05, 4.69) is 45.3 Å². The Morgan fingerprint density at radius 1 is 0.500 bits per heavy atom. The van der Waals surface area contributed by atoms with Crippen LogP contribution in [0.3, 0.4) is 0 Å². The summed E-state index contributed by atoms with van der Waals surface area (Å²) in [5, 5.41) is 15.4. The smallest absolute Gasteiger partial charge is 0.870 e. The summed E-state index contributed by atoms with van der Waals surface area (Å²) in [4.78, 5) is 171. The van der Waals surface area contributed by atoms with Gasteiger partial charge in [0.15, 0.2) is 16.9 Å². The molecule has 12 aromatic heterocycles. The second-order valence-electron chi connectivity index (χ2n) is 28.1. The van der Waals surface area contributed by atoms with Gasteiger partial charge < -0.3 is 68.9 Å². The van der Waals surface area contributed by atoms with Gasteiger partial charge in [-0.1, -0.05) is 0 Å². The van der Waals surface area contributed by atoms with Gasteiger partial charge in [0.2, 0.25) is 0 Å². The van der Waals surface area contributed by atoms with E-state index in [0.717, 1.165) is 45.1 Å². The Hall–Kier alpha value is -14.1. The molecule has 2 aliphatic heterocycles. The number of benzene rings is 2. The van der Waals surface area contributed by atoms with Crippen molar-refractivity contribution >= 4 is 90.7 Å². The number of carbonyl (C=O) groups excluding carboxylic acids is 4. The number of rotatable bonds is 18. The molecule has 0 radical (unpaired) electrons. The number of amides is 2. The minimum Gasteiger partial charge on any atom is -0.870 e. The summed E-state index contributed by atoms with van der Waals surface area (Å²) in [6.45, 7) is 6.10. The van der Waals surface area contributed by atoms with Crippen LogP contribution in [0.5, 0.6) is 0 Å². The molecule has 2 saturated heterocycles. The van der Waals surface area contributed by atoms with Crippen molar-refractivity contribution in [1.29, 1.82) is 0 Å². The maximum Gasteiger partial charge on any atom is 1.00 e. The number of aliphatic carboxylic acids is 1. The molecule has 14 heterocycles. The molecule has 6 N–H and O–H groups in total. The maximum absolute atomic E-state index is 15.2. The number of hydrogen-bond acceptors (Lipinski definition) is 25. The van der Waals surface area contributed by atoms with Crippen LogP contribution in [0.4, 0.5) is 28.9 Å². The molecule has 2 aromatic carbocycles. The molecule has 42 heteroatoms. The number of morpholine rings is 2. The fourth-order valence-electron chi connectivity index (χ4n) is 14.7. The van der Waals surface area contributed by atoms with E-state index in [0.29, 0.717) is 89.9 Å². The van der Waals surface area contributed by atoms with E-state index >= 15 is 17.6 Å². The summed E-state index contributed by atoms with van der Waals surface area (Å²) in [5.74, 6) is -9.68. The van der Waals surface area contributed by atoms with Crippen molar-refractivity contribution in [3.05, 3.63) is 267 Å². The number of aryl methyl sites for hydroxylation is 3. The normalized spacial score (nSPS) is 14.7. The Kier molecular flexibility index (Phi) is 25.9. The Morgan fingerprint density at radius 3 is 1.16 bits per heavy atom. The number of carbonyl (C=O) groups is 5. The average Bonchev–Trinajstić information content (AvgIpc) is 1.28. The Bertz CT molecular complexity index is 6840. The van der Waals surface area contributed by atoms with Gasteiger partial charge in [-0.05, 0) is 92.7 Å². The molecule has 2 amide bonds. The number of carboxylic acids is 1. The Labute approximate surface area is 696 Å². The van der Waals surface area contributed by atoms with Crippen LogP contribution in [0.1, 0.15) is 51.6 Å². The molecule has 122 heavy (non-hydrogen) atoms. The fraction of sp³-hybridized carbons (Fsp3) is 0.263. The number of esters is 2. The van der Waals surface area contributed by atoms with Crippen LogP contribution in [0.2, 0.25) is 0 Å². The number of nitrogens with zero attached hydrogens (tertiary/aromatic N) is 17. The minimum atomic E-state index is -1.60. The number of ether oxygens (including phenoxy) is 4. The van der Waals surface area contributed by atoms with Crippen molar-refractivity contribution in [3.8, 4) is 17.1 Å². The molecule has 0 saturated carbocycles. The van der Waals surface area contributed by atoms with Crippen LogP contribution in [0, 0.1) is 23.3 Å². The van der Waals surface area contributed by atoms with Gasteiger partial charge in [-0.2, -0.15) is 0 Å². The number of nitrogens with one attached hydrogen (secondary N) is 2. The SMILES string of the molecule is COC(=O)[C@@H](N)Cc1ccc(-n2c(=O)c3ccncc3n(C)c2=O)c2nccn12.COC(=O)[C@H](Cc1ccc(-n2c(=O)c3ccncc3n(C)c2=O)c2nccn12)NC(=O)c1c(F)cc(N2CCOC[C@H]2C)cc1F.C[C@@H]1COCCN1c1cc(F)c(C(=O)N[C@@H](Cc2ccc(-n3c(=O)c4ccncc4n(C)c3=O)c3nccn23)C(=O)O)c(F)c1.[Li+].[OH-]. The predicted molar refractivity (Wildman–Crippen MR) is 427 cm³/mol. The number of pyridine rings is 6. The number of hydrogen-bond donors (Lipinski definition) is 4. The maximum atomic E-state index is 15.2. The minimum absolute atomic E-state index is 0. The summed E-state index contributed by atoms with van der Waals surface area (Å²) in [6.07, 6.45) is 17.5. The largest absolute Gasteiger partial charge is 1.00 e. The second kappa shape index (κ2) is 36.2. The zero-order valence-corrected chi connectivity index (χ0v) is 66.4. The van der Waals surface area contributed by atoms with Crippen molar-refractivity contribution in [1.82, 2.24) is 81.1 Å². The van der Waals surface area contributed by atoms with E-state index in [1.54, 1.807) is 68.5 Å². The molecule has 5 atom stereocenters. The third-order valence-corrected chi connectivity index (χ3v) is 20.8. The monoisotopic (exact) mass is 1670 g/mol. The van der Waals surface area contributed by atoms with Crippen molar-refractivity contribution in [3.63, 3.8) is 0 Å². The molecule has 16 rings (SSSR count). The number of methoxy groups -OCH3 is 2. The number of carboxylic acid groups (broad SMARTS) is 1. The molecule has 0 bridgehead atoms. The molecule has 37 nitrogen and oxygen atoms in total. The van der Waals surface area contributed by atoms with Crippen molar-refractivity contribution in [2.24, 2.45) is 26.9 Å². The molecule has 0 unspecified atom stereocenters. The molecule has 2 aliphatic rings. The van der Waals surface area contributed by atoms with Crippen molar-refractivity contribution in [2.45, 2.75) is 63.3 Å². The first kappa shape index (κ1) is 87.2. The second-order valence-corrected chi connectivity index (χ2v) is 28.1. The van der Waals surface area contributed by atoms with E-state index in [1.807, 2.05) is 13.8 Å². The van der Waals surface area contributed by atoms with Gasteiger partial charge in [-0.25, -0.2) is 70.2 Å². The number of nitrogens with two attached hydrogens (primary N) is 1. The zero-order chi connectivity index (χ0) is 85.4. The molecular formula is C80H75F4LiN20O17. The quantitative estimate of drug-likeness (QED) is 0.0499.